The van der Waals surface area contributed by atoms with Crippen LogP contribution in [0.1, 0.15) is 77.0 Å². The van der Waals surface area contributed by atoms with Crippen molar-refractivity contribution in [1.29, 1.82) is 0 Å². The fraction of sp³-hybridized carbons (Fsp3) is 0.562. The van der Waals surface area contributed by atoms with Crippen LogP contribution in [0.15, 0.2) is 48.5 Å². The first-order valence-electron chi connectivity index (χ1n) is 14.9. The molecule has 2 N–H and O–H groups in total. The van der Waals surface area contributed by atoms with Crippen LogP contribution in [0.2, 0.25) is 0 Å². The first-order chi connectivity index (χ1) is 19.6. The van der Waals surface area contributed by atoms with Crippen molar-refractivity contribution in [2.45, 2.75) is 89.3 Å². The highest BCUT2D eigenvalue weighted by atomic mass is 16.5. The highest BCUT2D eigenvalue weighted by molar-refractivity contribution is 5.91. The number of carbonyl (C=O) groups excluding carboxylic acids is 2. The lowest BCUT2D eigenvalue weighted by Gasteiger charge is -2.12. The minimum absolute atomic E-state index is 0.0225. The first-order valence-corrected chi connectivity index (χ1v) is 14.9. The lowest BCUT2D eigenvalue weighted by atomic mass is 10.1. The van der Waals surface area contributed by atoms with Crippen molar-refractivity contribution in [2.24, 2.45) is 0 Å². The van der Waals surface area contributed by atoms with Gasteiger partial charge in [0.1, 0.15) is 24.7 Å². The predicted octanol–water partition coefficient (Wildman–Crippen LogP) is 6.50. The molecular formula is C32H44N2O6. The Morgan fingerprint density at radius 1 is 0.675 bits per heavy atom. The van der Waals surface area contributed by atoms with E-state index in [1.54, 1.807) is 0 Å². The molecular weight excluding hydrogens is 508 g/mol. The summed E-state index contributed by atoms with van der Waals surface area (Å²) < 4.78 is 22.8. The molecule has 2 aliphatic heterocycles. The van der Waals surface area contributed by atoms with Gasteiger partial charge in [-0.25, -0.2) is 0 Å². The van der Waals surface area contributed by atoms with E-state index in [4.69, 9.17) is 18.9 Å². The monoisotopic (exact) mass is 552 g/mol. The van der Waals surface area contributed by atoms with E-state index < -0.39 is 0 Å². The Morgan fingerprint density at radius 2 is 1.12 bits per heavy atom. The van der Waals surface area contributed by atoms with E-state index in [9.17, 15) is 9.59 Å². The molecule has 0 radical (unpaired) electrons. The normalized spacial score (nSPS) is 18.4. The summed E-state index contributed by atoms with van der Waals surface area (Å²) in [7, 11) is 0. The van der Waals surface area contributed by atoms with Crippen LogP contribution in [-0.4, -0.2) is 50.4 Å². The van der Waals surface area contributed by atoms with Gasteiger partial charge in [-0.3, -0.25) is 9.59 Å². The van der Waals surface area contributed by atoms with Gasteiger partial charge >= 0.3 is 0 Å². The topological polar surface area (TPSA) is 95.1 Å². The zero-order valence-corrected chi connectivity index (χ0v) is 23.5. The third-order valence-electron chi connectivity index (χ3n) is 7.21. The number of ether oxygens (including phenoxy) is 4. The minimum Gasteiger partial charge on any atom is -0.491 e. The van der Waals surface area contributed by atoms with Crippen LogP contribution in [0, 0.1) is 0 Å². The predicted molar refractivity (Wildman–Crippen MR) is 156 cm³/mol. The van der Waals surface area contributed by atoms with Gasteiger partial charge in [0, 0.05) is 49.6 Å². The van der Waals surface area contributed by atoms with Gasteiger partial charge < -0.3 is 29.6 Å². The van der Waals surface area contributed by atoms with Crippen LogP contribution in [-0.2, 0) is 19.1 Å². The summed E-state index contributed by atoms with van der Waals surface area (Å²) in [5.41, 5.74) is 1.51. The lowest BCUT2D eigenvalue weighted by Crippen LogP contribution is -2.16. The van der Waals surface area contributed by atoms with Crippen molar-refractivity contribution in [2.75, 3.05) is 37.1 Å². The summed E-state index contributed by atoms with van der Waals surface area (Å²) in [5, 5.41) is 5.94. The molecule has 2 aliphatic rings. The molecule has 0 aromatic heterocycles. The summed E-state index contributed by atoms with van der Waals surface area (Å²) in [4.78, 5) is 24.7. The molecule has 2 aromatic carbocycles. The van der Waals surface area contributed by atoms with E-state index in [1.165, 1.54) is 0 Å². The summed E-state index contributed by atoms with van der Waals surface area (Å²) in [6.07, 6.45) is 11.4. The van der Waals surface area contributed by atoms with E-state index in [0.717, 1.165) is 100 Å². The largest absolute Gasteiger partial charge is 0.491 e. The molecule has 2 amide bonds. The zero-order chi connectivity index (χ0) is 27.8. The SMILES string of the molecule is O=C(CCCCCCCCC(=O)Nc1cccc(OCC2CCCO2)c1)Nc1cccc(OCC2CCCO2)c1. The number of benzene rings is 2. The maximum Gasteiger partial charge on any atom is 0.224 e. The van der Waals surface area contributed by atoms with E-state index in [0.29, 0.717) is 26.1 Å². The van der Waals surface area contributed by atoms with Crippen molar-refractivity contribution in [1.82, 2.24) is 0 Å². The van der Waals surface area contributed by atoms with Gasteiger partial charge in [-0.05, 0) is 62.8 Å². The molecule has 2 unspecified atom stereocenters. The Balaban J connectivity index is 1.00. The number of hydrogen-bond donors (Lipinski definition) is 2. The molecule has 2 saturated heterocycles. The molecule has 0 bridgehead atoms. The van der Waals surface area contributed by atoms with E-state index >= 15 is 0 Å². The lowest BCUT2D eigenvalue weighted by molar-refractivity contribution is -0.117. The number of carbonyl (C=O) groups is 2. The van der Waals surface area contributed by atoms with Gasteiger partial charge in [0.05, 0.1) is 12.2 Å². The Hall–Kier alpha value is -3.10. The Bertz CT molecular complexity index is 966. The van der Waals surface area contributed by atoms with Crippen molar-refractivity contribution < 1.29 is 28.5 Å². The third-order valence-corrected chi connectivity index (χ3v) is 7.21. The third kappa shape index (κ3) is 11.2. The Kier molecular flexibility index (Phi) is 12.6. The van der Waals surface area contributed by atoms with Crippen LogP contribution in [0.3, 0.4) is 0 Å². The van der Waals surface area contributed by atoms with Crippen LogP contribution < -0.4 is 20.1 Å². The summed E-state index contributed by atoms with van der Waals surface area (Å²) in [6, 6.07) is 15.1. The molecule has 40 heavy (non-hydrogen) atoms. The van der Waals surface area contributed by atoms with Crippen LogP contribution in [0.4, 0.5) is 11.4 Å². The average molecular weight is 553 g/mol. The van der Waals surface area contributed by atoms with Crippen molar-refractivity contribution in [3.05, 3.63) is 48.5 Å². The van der Waals surface area contributed by atoms with Gasteiger partial charge in [-0.1, -0.05) is 37.8 Å². The molecule has 4 rings (SSSR count). The standard InChI is InChI=1S/C32H44N2O6/c35-31(33-25-11-7-13-27(21-25)39-23-29-15-9-19-37-29)17-5-3-1-2-4-6-18-32(36)34-26-12-8-14-28(22-26)40-24-30-16-10-20-38-30/h7-8,11-14,21-22,29-30H,1-6,9-10,15-20,23-24H2,(H,33,35)(H,34,36). The zero-order valence-electron chi connectivity index (χ0n) is 23.5. The second-order valence-corrected chi connectivity index (χ2v) is 10.7. The van der Waals surface area contributed by atoms with Gasteiger partial charge in [0.15, 0.2) is 0 Å². The molecule has 0 aliphatic carbocycles. The number of unbranched alkanes of at least 4 members (excludes halogenated alkanes) is 5. The fourth-order valence-corrected chi connectivity index (χ4v) is 4.98. The molecule has 2 atom stereocenters. The Labute approximate surface area is 238 Å². The second kappa shape index (κ2) is 16.9. The summed E-state index contributed by atoms with van der Waals surface area (Å²) in [6.45, 7) is 2.71. The Morgan fingerprint density at radius 3 is 1.55 bits per heavy atom. The van der Waals surface area contributed by atoms with Gasteiger partial charge in [-0.15, -0.1) is 0 Å². The molecule has 218 valence electrons. The number of rotatable bonds is 17. The number of nitrogens with one attached hydrogen (secondary N) is 2. The van der Waals surface area contributed by atoms with Crippen LogP contribution in [0.5, 0.6) is 11.5 Å². The molecule has 2 heterocycles. The summed E-state index contributed by atoms with van der Waals surface area (Å²) >= 11 is 0. The first kappa shape index (κ1) is 29.9. The smallest absolute Gasteiger partial charge is 0.224 e. The fourth-order valence-electron chi connectivity index (χ4n) is 4.98. The van der Waals surface area contributed by atoms with E-state index in [-0.39, 0.29) is 24.0 Å². The summed E-state index contributed by atoms with van der Waals surface area (Å²) in [5.74, 6) is 1.53. The van der Waals surface area contributed by atoms with E-state index in [1.807, 2.05) is 48.5 Å². The molecule has 8 nitrogen and oxygen atoms in total. The second-order valence-electron chi connectivity index (χ2n) is 10.7. The van der Waals surface area contributed by atoms with Crippen LogP contribution in [0.25, 0.3) is 0 Å². The molecule has 2 fully saturated rings. The number of anilines is 2. The number of amides is 2. The highest BCUT2D eigenvalue weighted by Gasteiger charge is 2.17. The molecule has 0 saturated carbocycles. The van der Waals surface area contributed by atoms with Gasteiger partial charge in [0.25, 0.3) is 0 Å². The maximum atomic E-state index is 12.3. The minimum atomic E-state index is 0.0225. The van der Waals surface area contributed by atoms with Gasteiger partial charge in [-0.2, -0.15) is 0 Å². The molecule has 8 heteroatoms. The van der Waals surface area contributed by atoms with Crippen LogP contribution >= 0.6 is 0 Å². The number of hydrogen-bond acceptors (Lipinski definition) is 6. The highest BCUT2D eigenvalue weighted by Crippen LogP contribution is 2.22. The van der Waals surface area contributed by atoms with Gasteiger partial charge in [0.2, 0.25) is 11.8 Å². The molecule has 0 spiro atoms. The van der Waals surface area contributed by atoms with E-state index in [2.05, 4.69) is 10.6 Å². The average Bonchev–Trinajstić information content (AvgIpc) is 3.67. The van der Waals surface area contributed by atoms with Crippen molar-refractivity contribution in [3.8, 4) is 11.5 Å². The maximum absolute atomic E-state index is 12.3. The quantitative estimate of drug-likeness (QED) is 0.218. The molecule has 2 aromatic rings. The van der Waals surface area contributed by atoms with Crippen molar-refractivity contribution >= 4 is 23.2 Å². The van der Waals surface area contributed by atoms with Crippen molar-refractivity contribution in [3.63, 3.8) is 0 Å².